The van der Waals surface area contributed by atoms with Gasteiger partial charge in [-0.05, 0) is 36.1 Å². The number of hydrogen-bond donors (Lipinski definition) is 1. The van der Waals surface area contributed by atoms with E-state index in [-0.39, 0.29) is 10.7 Å². The Morgan fingerprint density at radius 3 is 2.50 bits per heavy atom. The van der Waals surface area contributed by atoms with Crippen molar-refractivity contribution in [3.63, 3.8) is 0 Å². The van der Waals surface area contributed by atoms with Crippen LogP contribution >= 0.6 is 15.9 Å². The average molecular weight is 337 g/mol. The van der Waals surface area contributed by atoms with Gasteiger partial charge >= 0.3 is 0 Å². The third-order valence-electron chi connectivity index (χ3n) is 2.40. The predicted octanol–water partition coefficient (Wildman–Crippen LogP) is 0.608. The topological polar surface area (TPSA) is 79.5 Å². The number of hydrogen-bond acceptors (Lipinski definition) is 5. The molecule has 0 aliphatic rings. The molecular weight excluding hydrogens is 320 g/mol. The second kappa shape index (κ2) is 5.96. The Hall–Kier alpha value is -0.700. The van der Waals surface area contributed by atoms with Gasteiger partial charge < -0.3 is 10.6 Å². The SMILES string of the molecule is CN(C)CCN(C)S(=O)(=O)c1cc(Br)cnc1N. The smallest absolute Gasteiger partial charge is 0.246 e. The highest BCUT2D eigenvalue weighted by Crippen LogP contribution is 2.23. The molecule has 18 heavy (non-hydrogen) atoms. The van der Waals surface area contributed by atoms with Crippen LogP contribution in [0, 0.1) is 0 Å². The minimum atomic E-state index is -3.60. The monoisotopic (exact) mass is 336 g/mol. The lowest BCUT2D eigenvalue weighted by Crippen LogP contribution is -2.34. The summed E-state index contributed by atoms with van der Waals surface area (Å²) in [4.78, 5) is 5.77. The van der Waals surface area contributed by atoms with Crippen molar-refractivity contribution in [1.82, 2.24) is 14.2 Å². The van der Waals surface area contributed by atoms with Crippen LogP contribution in [0.15, 0.2) is 21.6 Å². The molecule has 0 spiro atoms. The second-order valence-electron chi connectivity index (χ2n) is 4.17. The first-order valence-electron chi connectivity index (χ1n) is 5.27. The standard InChI is InChI=1S/C10H17BrN4O2S/c1-14(2)4-5-15(3)18(16,17)9-6-8(11)7-13-10(9)12/h6-7H,4-5H2,1-3H3,(H2,12,13). The van der Waals surface area contributed by atoms with Crippen LogP contribution in [-0.4, -0.2) is 56.8 Å². The van der Waals surface area contributed by atoms with Gasteiger partial charge in [-0.25, -0.2) is 13.4 Å². The van der Waals surface area contributed by atoms with Crippen LogP contribution in [0.3, 0.4) is 0 Å². The van der Waals surface area contributed by atoms with Gasteiger partial charge in [0.15, 0.2) is 0 Å². The van der Waals surface area contributed by atoms with Crippen LogP contribution in [0.5, 0.6) is 0 Å². The number of nitrogen functional groups attached to an aromatic ring is 1. The summed E-state index contributed by atoms with van der Waals surface area (Å²) < 4.78 is 26.4. The number of likely N-dealkylation sites (N-methyl/N-ethyl adjacent to an activating group) is 2. The Kier molecular flexibility index (Phi) is 5.09. The van der Waals surface area contributed by atoms with Crippen LogP contribution in [0.1, 0.15) is 0 Å². The molecule has 0 aliphatic heterocycles. The van der Waals surface area contributed by atoms with Gasteiger partial charge in [0, 0.05) is 30.8 Å². The van der Waals surface area contributed by atoms with Gasteiger partial charge in [-0.3, -0.25) is 0 Å². The maximum absolute atomic E-state index is 12.3. The lowest BCUT2D eigenvalue weighted by molar-refractivity contribution is 0.358. The highest BCUT2D eigenvalue weighted by atomic mass is 79.9. The molecule has 1 rings (SSSR count). The number of sulfonamides is 1. The predicted molar refractivity (Wildman–Crippen MR) is 74.7 cm³/mol. The van der Waals surface area contributed by atoms with E-state index in [4.69, 9.17) is 5.73 Å². The van der Waals surface area contributed by atoms with Crippen molar-refractivity contribution in [3.8, 4) is 0 Å². The van der Waals surface area contributed by atoms with Gasteiger partial charge in [0.2, 0.25) is 10.0 Å². The van der Waals surface area contributed by atoms with E-state index in [0.717, 1.165) is 0 Å². The first-order chi connectivity index (χ1) is 8.25. The Morgan fingerprint density at radius 2 is 1.94 bits per heavy atom. The lowest BCUT2D eigenvalue weighted by atomic mass is 10.5. The van der Waals surface area contributed by atoms with Crippen molar-refractivity contribution in [2.24, 2.45) is 0 Å². The first-order valence-corrected chi connectivity index (χ1v) is 7.50. The molecule has 0 amide bonds. The molecule has 0 bridgehead atoms. The Labute approximate surface area is 116 Å². The Bertz CT molecular complexity index is 519. The zero-order valence-corrected chi connectivity index (χ0v) is 13.0. The normalized spacial score (nSPS) is 12.3. The summed E-state index contributed by atoms with van der Waals surface area (Å²) in [5.74, 6) is 0.00917. The van der Waals surface area contributed by atoms with Crippen molar-refractivity contribution in [3.05, 3.63) is 16.7 Å². The molecule has 0 fully saturated rings. The van der Waals surface area contributed by atoms with Crippen molar-refractivity contribution in [2.75, 3.05) is 40.0 Å². The number of aromatic nitrogens is 1. The van der Waals surface area contributed by atoms with E-state index >= 15 is 0 Å². The van der Waals surface area contributed by atoms with E-state index in [0.29, 0.717) is 17.6 Å². The van der Waals surface area contributed by atoms with Crippen LogP contribution in [0.25, 0.3) is 0 Å². The molecule has 0 unspecified atom stereocenters. The fraction of sp³-hybridized carbons (Fsp3) is 0.500. The molecule has 102 valence electrons. The van der Waals surface area contributed by atoms with E-state index in [2.05, 4.69) is 20.9 Å². The molecule has 0 aromatic carbocycles. The summed E-state index contributed by atoms with van der Waals surface area (Å²) in [5.41, 5.74) is 5.62. The van der Waals surface area contributed by atoms with E-state index < -0.39 is 10.0 Å². The molecule has 0 radical (unpaired) electrons. The Morgan fingerprint density at radius 1 is 1.33 bits per heavy atom. The molecule has 8 heteroatoms. The maximum atomic E-state index is 12.3. The molecule has 1 aromatic heterocycles. The highest BCUT2D eigenvalue weighted by molar-refractivity contribution is 9.10. The van der Waals surface area contributed by atoms with Crippen LogP contribution in [-0.2, 0) is 10.0 Å². The van der Waals surface area contributed by atoms with E-state index in [1.807, 2.05) is 19.0 Å². The van der Waals surface area contributed by atoms with Crippen LogP contribution in [0.2, 0.25) is 0 Å². The van der Waals surface area contributed by atoms with Gasteiger partial charge in [-0.2, -0.15) is 4.31 Å². The van der Waals surface area contributed by atoms with E-state index in [1.54, 1.807) is 0 Å². The number of halogens is 1. The van der Waals surface area contributed by atoms with Crippen LogP contribution in [0.4, 0.5) is 5.82 Å². The molecule has 6 nitrogen and oxygen atoms in total. The molecule has 0 atom stereocenters. The molecule has 2 N–H and O–H groups in total. The second-order valence-corrected chi connectivity index (χ2v) is 7.10. The molecular formula is C10H17BrN4O2S. The largest absolute Gasteiger partial charge is 0.383 e. The van der Waals surface area contributed by atoms with E-state index in [1.165, 1.54) is 23.6 Å². The summed E-state index contributed by atoms with van der Waals surface area (Å²) in [6.07, 6.45) is 1.47. The summed E-state index contributed by atoms with van der Waals surface area (Å²) in [7, 11) is 1.70. The third-order valence-corrected chi connectivity index (χ3v) is 4.72. The molecule has 0 saturated heterocycles. The van der Waals surface area contributed by atoms with Crippen molar-refractivity contribution < 1.29 is 8.42 Å². The zero-order chi connectivity index (χ0) is 13.9. The Balaban J connectivity index is 3.02. The fourth-order valence-corrected chi connectivity index (χ4v) is 3.00. The zero-order valence-electron chi connectivity index (χ0n) is 10.6. The number of nitrogens with two attached hydrogens (primary N) is 1. The minimum absolute atomic E-state index is 0.00917. The molecule has 0 saturated carbocycles. The van der Waals surface area contributed by atoms with Crippen molar-refractivity contribution >= 4 is 31.8 Å². The average Bonchev–Trinajstić information content (AvgIpc) is 2.28. The fourth-order valence-electron chi connectivity index (χ4n) is 1.27. The van der Waals surface area contributed by atoms with Gasteiger partial charge in [0.25, 0.3) is 0 Å². The van der Waals surface area contributed by atoms with E-state index in [9.17, 15) is 8.42 Å². The maximum Gasteiger partial charge on any atom is 0.246 e. The summed E-state index contributed by atoms with van der Waals surface area (Å²) in [6, 6.07) is 1.46. The molecule has 1 heterocycles. The summed E-state index contributed by atoms with van der Waals surface area (Å²) >= 11 is 3.19. The third kappa shape index (κ3) is 3.64. The van der Waals surface area contributed by atoms with Gasteiger partial charge in [0.05, 0.1) is 0 Å². The summed E-state index contributed by atoms with van der Waals surface area (Å²) in [6.45, 7) is 1.03. The molecule has 0 aliphatic carbocycles. The number of anilines is 1. The molecule has 1 aromatic rings. The lowest BCUT2D eigenvalue weighted by Gasteiger charge is -2.20. The van der Waals surface area contributed by atoms with Crippen molar-refractivity contribution in [2.45, 2.75) is 4.90 Å². The van der Waals surface area contributed by atoms with Gasteiger partial charge in [-0.1, -0.05) is 0 Å². The number of pyridine rings is 1. The number of nitrogens with zero attached hydrogens (tertiary/aromatic N) is 3. The summed E-state index contributed by atoms with van der Waals surface area (Å²) in [5, 5.41) is 0. The number of rotatable bonds is 5. The van der Waals surface area contributed by atoms with Gasteiger partial charge in [0.1, 0.15) is 10.7 Å². The van der Waals surface area contributed by atoms with Crippen LogP contribution < -0.4 is 5.73 Å². The quantitative estimate of drug-likeness (QED) is 0.852. The minimum Gasteiger partial charge on any atom is -0.383 e. The van der Waals surface area contributed by atoms with Crippen molar-refractivity contribution in [1.29, 1.82) is 0 Å². The van der Waals surface area contributed by atoms with Gasteiger partial charge in [-0.15, -0.1) is 0 Å². The first kappa shape index (κ1) is 15.4. The highest BCUT2D eigenvalue weighted by Gasteiger charge is 2.24.